The zero-order chi connectivity index (χ0) is 63.7. The predicted octanol–water partition coefficient (Wildman–Crippen LogP) is 18.5. The van der Waals surface area contributed by atoms with Gasteiger partial charge in [-0.25, -0.2) is 0 Å². The second kappa shape index (κ2) is 19.2. The highest BCUT2D eigenvalue weighted by Gasteiger charge is 2.56. The summed E-state index contributed by atoms with van der Waals surface area (Å²) in [4.78, 5) is 4.97. The van der Waals surface area contributed by atoms with E-state index in [4.69, 9.17) is 9.47 Å². The van der Waals surface area contributed by atoms with E-state index >= 15 is 0 Å². The van der Waals surface area contributed by atoms with Gasteiger partial charge in [-0.2, -0.15) is 0 Å². The molecule has 0 aromatic heterocycles. The molecule has 0 saturated heterocycles. The molecule has 0 amide bonds. The Kier molecular flexibility index (Phi) is 10.4. The van der Waals surface area contributed by atoms with Gasteiger partial charge >= 0.3 is 0 Å². The van der Waals surface area contributed by atoms with Crippen molar-refractivity contribution >= 4 is 80.3 Å². The number of nitrogens with zero attached hydrogens (tertiary/aromatic N) is 2. The summed E-state index contributed by atoms with van der Waals surface area (Å²) in [6.07, 6.45) is 0. The molecule has 4 nitrogen and oxygen atoms in total. The van der Waals surface area contributed by atoms with Crippen molar-refractivity contribution < 1.29 is 9.47 Å². The van der Waals surface area contributed by atoms with E-state index in [0.29, 0.717) is 0 Å². The zero-order valence-corrected chi connectivity index (χ0v) is 53.0. The van der Waals surface area contributed by atoms with E-state index in [2.05, 4.69) is 337 Å². The average molecular weight is 1240 g/mol. The van der Waals surface area contributed by atoms with Crippen LogP contribution in [0.25, 0.3) is 66.8 Å². The van der Waals surface area contributed by atoms with Gasteiger partial charge in [-0.15, -0.1) is 0 Å². The minimum absolute atomic E-state index is 0.185. The minimum atomic E-state index is -0.562. The summed E-state index contributed by atoms with van der Waals surface area (Å²) >= 11 is 0. The lowest BCUT2D eigenvalue weighted by Crippen LogP contribution is -2.63. The molecule has 2 spiro atoms. The first kappa shape index (κ1) is 52.9. The second-order valence-corrected chi connectivity index (χ2v) is 27.5. The number of ether oxygens (including phenoxy) is 2. The maximum absolute atomic E-state index is 7.77. The van der Waals surface area contributed by atoms with E-state index in [1.54, 1.807) is 0 Å². The molecule has 0 saturated carbocycles. The smallest absolute Gasteiger partial charge is 0.256 e. The standard InChI is InChI=1S/C92H54B2N2O2/c1-3-25-57(26-4-1)95-79-47-21-19-45-75(79)93-77-53-78-84(54-83(77)97-85-51-55(49-81(95)89(85)93)59-35-23-37-67-65-33-11-17-43-73(65)91(87(59)67)69-39-13-7-29-61(69)62-30-8-14-40-70(62)91)98-86-52-56(50-82-90(86)94(78)76-46-20-22-48-80(76)96(82)58-27-5-2-6-28-58)60-36-24-38-68-66-34-12-18-44-74(66)92(88(60)68)71-41-15-9-31-63(71)64-32-10-16-42-72(64)92/h1-54H. The van der Waals surface area contributed by atoms with Crippen LogP contribution in [0.3, 0.4) is 0 Å². The molecule has 0 bridgehead atoms. The molecule has 23 rings (SSSR count). The molecule has 6 heteroatoms. The van der Waals surface area contributed by atoms with Gasteiger partial charge in [-0.05, 0) is 205 Å². The normalized spacial score (nSPS) is 14.8. The van der Waals surface area contributed by atoms with E-state index in [-0.39, 0.29) is 13.4 Å². The van der Waals surface area contributed by atoms with Crippen molar-refractivity contribution in [3.8, 4) is 89.8 Å². The van der Waals surface area contributed by atoms with E-state index in [1.165, 1.54) is 111 Å². The summed E-state index contributed by atoms with van der Waals surface area (Å²) in [5.41, 5.74) is 37.8. The Hall–Kier alpha value is -12.4. The van der Waals surface area contributed by atoms with Gasteiger partial charge in [0.25, 0.3) is 13.4 Å². The van der Waals surface area contributed by atoms with Gasteiger partial charge in [0.1, 0.15) is 23.0 Å². The molecule has 4 heterocycles. The summed E-state index contributed by atoms with van der Waals surface area (Å²) in [5, 5.41) is 0. The topological polar surface area (TPSA) is 24.9 Å². The van der Waals surface area contributed by atoms with Gasteiger partial charge in [0.05, 0.1) is 10.8 Å². The molecule has 0 fully saturated rings. The van der Waals surface area contributed by atoms with Gasteiger partial charge < -0.3 is 19.3 Å². The molecule has 0 N–H and O–H groups in total. The molecular weight excluding hydrogens is 1190 g/mol. The Morgan fingerprint density at radius 1 is 0.224 bits per heavy atom. The first-order chi connectivity index (χ1) is 48.6. The van der Waals surface area contributed by atoms with Gasteiger partial charge in [-0.1, -0.05) is 261 Å². The number of anilines is 6. The fraction of sp³-hybridized carbons (Fsp3) is 0.0217. The number of hydrogen-bond acceptors (Lipinski definition) is 4. The van der Waals surface area contributed by atoms with Crippen LogP contribution in [0.2, 0.25) is 0 Å². The molecule has 4 aliphatic carbocycles. The van der Waals surface area contributed by atoms with E-state index in [9.17, 15) is 0 Å². The molecule has 15 aromatic carbocycles. The number of fused-ring (bicyclic) bond motifs is 28. The highest BCUT2D eigenvalue weighted by molar-refractivity contribution is 7.02. The second-order valence-electron chi connectivity index (χ2n) is 27.5. The van der Waals surface area contributed by atoms with Crippen LogP contribution in [0.5, 0.6) is 23.0 Å². The third kappa shape index (κ3) is 6.53. The fourth-order valence-electron chi connectivity index (χ4n) is 19.7. The van der Waals surface area contributed by atoms with Gasteiger partial charge in [0.2, 0.25) is 0 Å². The molecule has 15 aromatic rings. The van der Waals surface area contributed by atoms with E-state index in [1.807, 2.05) is 0 Å². The third-order valence-electron chi connectivity index (χ3n) is 23.2. The van der Waals surface area contributed by atoms with E-state index in [0.717, 1.165) is 90.1 Å². The molecule has 0 radical (unpaired) electrons. The maximum Gasteiger partial charge on any atom is 0.256 e. The van der Waals surface area contributed by atoms with Crippen molar-refractivity contribution in [2.75, 3.05) is 9.80 Å². The maximum atomic E-state index is 7.77. The first-order valence-corrected chi connectivity index (χ1v) is 34.3. The van der Waals surface area contributed by atoms with Crippen LogP contribution in [-0.2, 0) is 10.8 Å². The van der Waals surface area contributed by atoms with Crippen molar-refractivity contribution in [1.82, 2.24) is 0 Å². The van der Waals surface area contributed by atoms with Crippen LogP contribution in [0, 0.1) is 0 Å². The highest BCUT2D eigenvalue weighted by atomic mass is 16.5. The number of rotatable bonds is 4. The monoisotopic (exact) mass is 1240 g/mol. The Morgan fingerprint density at radius 3 is 0.908 bits per heavy atom. The summed E-state index contributed by atoms with van der Waals surface area (Å²) in [6.45, 7) is -0.370. The summed E-state index contributed by atoms with van der Waals surface area (Å²) in [6, 6.07) is 123. The molecule has 4 aliphatic heterocycles. The molecule has 0 unspecified atom stereocenters. The summed E-state index contributed by atoms with van der Waals surface area (Å²) in [5.74, 6) is 3.26. The first-order valence-electron chi connectivity index (χ1n) is 34.3. The number of hydrogen-bond donors (Lipinski definition) is 0. The quantitative estimate of drug-likeness (QED) is 0.164. The third-order valence-corrected chi connectivity index (χ3v) is 23.2. The largest absolute Gasteiger partial charge is 0.458 e. The molecule has 8 aliphatic rings. The summed E-state index contributed by atoms with van der Waals surface area (Å²) < 4.78 is 15.5. The molecule has 98 heavy (non-hydrogen) atoms. The van der Waals surface area contributed by atoms with Gasteiger partial charge in [-0.3, -0.25) is 0 Å². The van der Waals surface area contributed by atoms with Crippen LogP contribution >= 0.6 is 0 Å². The molecular formula is C92H54B2N2O2. The predicted molar refractivity (Wildman–Crippen MR) is 402 cm³/mol. The van der Waals surface area contributed by atoms with Crippen LogP contribution in [0.15, 0.2) is 328 Å². The van der Waals surface area contributed by atoms with Crippen molar-refractivity contribution in [1.29, 1.82) is 0 Å². The van der Waals surface area contributed by atoms with Crippen molar-refractivity contribution in [2.24, 2.45) is 0 Å². The SMILES string of the molecule is c1ccc(N2c3ccccc3B3c4cc5c(cc4Oc4cc(-c6cccc7c6C6(c8ccccc8-c8ccccc86)c6ccccc6-7)cc2c43)Oc2cc(-c3cccc4c3C3(c6ccccc6-c6ccccc63)c3ccccc3-4)cc3c2B5c2ccccc2N3c2ccccc2)cc1. The lowest BCUT2D eigenvalue weighted by atomic mass is 9.31. The van der Waals surface area contributed by atoms with Crippen molar-refractivity contribution in [3.05, 3.63) is 372 Å². The van der Waals surface area contributed by atoms with Crippen molar-refractivity contribution in [2.45, 2.75) is 10.8 Å². The zero-order valence-electron chi connectivity index (χ0n) is 53.0. The number of para-hydroxylation sites is 4. The Bertz CT molecular complexity index is 5580. The lowest BCUT2D eigenvalue weighted by molar-refractivity contribution is 0.466. The molecule has 0 atom stereocenters. The Morgan fingerprint density at radius 2 is 0.531 bits per heavy atom. The highest BCUT2D eigenvalue weighted by Crippen LogP contribution is 2.67. The Labute approximate surface area is 568 Å². The van der Waals surface area contributed by atoms with Crippen LogP contribution < -0.4 is 52.1 Å². The minimum Gasteiger partial charge on any atom is -0.458 e. The van der Waals surface area contributed by atoms with Crippen LogP contribution in [0.1, 0.15) is 44.5 Å². The lowest BCUT2D eigenvalue weighted by Gasteiger charge is -2.42. The Balaban J connectivity index is 0.756. The van der Waals surface area contributed by atoms with E-state index < -0.39 is 10.8 Å². The number of benzene rings is 15. The van der Waals surface area contributed by atoms with Crippen LogP contribution in [-0.4, -0.2) is 13.4 Å². The summed E-state index contributed by atoms with van der Waals surface area (Å²) in [7, 11) is 0. The van der Waals surface area contributed by atoms with Crippen LogP contribution in [0.4, 0.5) is 34.1 Å². The van der Waals surface area contributed by atoms with Gasteiger partial charge in [0, 0.05) is 40.2 Å². The molecule has 450 valence electrons. The van der Waals surface area contributed by atoms with Gasteiger partial charge in [0.15, 0.2) is 0 Å². The fourth-order valence-corrected chi connectivity index (χ4v) is 19.7. The van der Waals surface area contributed by atoms with Crippen molar-refractivity contribution in [3.63, 3.8) is 0 Å². The average Bonchev–Trinajstić information content (AvgIpc) is 1.41.